The number of nitrogens with zero attached hydrogens (tertiary/aromatic N) is 1. The molecule has 0 radical (unpaired) electrons. The van der Waals surface area contributed by atoms with Gasteiger partial charge in [0.05, 0.1) is 0 Å². The number of hydrogen-bond donors (Lipinski definition) is 1. The molecule has 0 heterocycles. The zero-order chi connectivity index (χ0) is 15.9. The van der Waals surface area contributed by atoms with Crippen molar-refractivity contribution in [3.05, 3.63) is 35.4 Å². The van der Waals surface area contributed by atoms with E-state index in [1.54, 1.807) is 6.07 Å². The van der Waals surface area contributed by atoms with Crippen LogP contribution in [0.25, 0.3) is 0 Å². The van der Waals surface area contributed by atoms with Crippen LogP contribution in [0.3, 0.4) is 0 Å². The fraction of sp³-hybridized carbons (Fsp3) is 0.556. The van der Waals surface area contributed by atoms with Crippen molar-refractivity contribution in [1.29, 1.82) is 0 Å². The van der Waals surface area contributed by atoms with E-state index in [1.165, 1.54) is 19.3 Å². The number of carbonyl (C=O) groups excluding carboxylic acids is 2. The molecular weight excluding hydrogens is 276 g/mol. The fourth-order valence-corrected chi connectivity index (χ4v) is 3.05. The summed E-state index contributed by atoms with van der Waals surface area (Å²) in [5.74, 6) is 0.0169. The van der Waals surface area contributed by atoms with E-state index in [4.69, 9.17) is 0 Å². The molecule has 1 N–H and O–H groups in total. The van der Waals surface area contributed by atoms with Crippen molar-refractivity contribution < 1.29 is 9.59 Å². The minimum absolute atomic E-state index is 0.105. The fourth-order valence-electron chi connectivity index (χ4n) is 3.05. The van der Waals surface area contributed by atoms with E-state index in [-0.39, 0.29) is 11.8 Å². The van der Waals surface area contributed by atoms with Crippen molar-refractivity contribution in [2.24, 2.45) is 0 Å². The first-order valence-corrected chi connectivity index (χ1v) is 8.19. The van der Waals surface area contributed by atoms with Crippen LogP contribution < -0.4 is 5.32 Å². The molecule has 2 rings (SSSR count). The van der Waals surface area contributed by atoms with Crippen LogP contribution in [-0.2, 0) is 4.79 Å². The van der Waals surface area contributed by atoms with Gasteiger partial charge in [-0.05, 0) is 31.4 Å². The third kappa shape index (κ3) is 4.33. The summed E-state index contributed by atoms with van der Waals surface area (Å²) in [4.78, 5) is 26.2. The number of carbonyl (C=O) groups is 2. The van der Waals surface area contributed by atoms with Crippen molar-refractivity contribution in [3.8, 4) is 0 Å². The molecule has 2 amide bonds. The predicted molar refractivity (Wildman–Crippen MR) is 87.8 cm³/mol. The molecule has 22 heavy (non-hydrogen) atoms. The minimum Gasteiger partial charge on any atom is -0.352 e. The van der Waals surface area contributed by atoms with E-state index in [2.05, 4.69) is 5.32 Å². The Balaban J connectivity index is 1.77. The van der Waals surface area contributed by atoms with Gasteiger partial charge in [-0.25, -0.2) is 0 Å². The Morgan fingerprint density at radius 2 is 1.86 bits per heavy atom. The molecule has 1 aromatic carbocycles. The molecule has 1 fully saturated rings. The second kappa shape index (κ2) is 7.97. The molecule has 4 nitrogen and oxygen atoms in total. The Morgan fingerprint density at radius 1 is 1.18 bits per heavy atom. The molecule has 0 spiro atoms. The first-order chi connectivity index (χ1) is 10.6. The van der Waals surface area contributed by atoms with Crippen LogP contribution in [0.15, 0.2) is 24.3 Å². The number of rotatable bonds is 5. The van der Waals surface area contributed by atoms with Gasteiger partial charge in [-0.2, -0.15) is 0 Å². The molecule has 1 aliphatic carbocycles. The van der Waals surface area contributed by atoms with Gasteiger partial charge in [0, 0.05) is 31.6 Å². The van der Waals surface area contributed by atoms with Crippen LogP contribution in [0.4, 0.5) is 0 Å². The molecular formula is C18H26N2O2. The summed E-state index contributed by atoms with van der Waals surface area (Å²) in [6, 6.07) is 7.87. The monoisotopic (exact) mass is 302 g/mol. The Bertz CT molecular complexity index is 522. The Morgan fingerprint density at radius 3 is 2.55 bits per heavy atom. The van der Waals surface area contributed by atoms with E-state index >= 15 is 0 Å². The maximum Gasteiger partial charge on any atom is 0.251 e. The lowest BCUT2D eigenvalue weighted by Crippen LogP contribution is -2.39. The highest BCUT2D eigenvalue weighted by molar-refractivity contribution is 5.95. The Hall–Kier alpha value is -1.84. The first kappa shape index (κ1) is 16.5. The highest BCUT2D eigenvalue weighted by atomic mass is 16.2. The summed E-state index contributed by atoms with van der Waals surface area (Å²) >= 11 is 0. The first-order valence-electron chi connectivity index (χ1n) is 8.19. The van der Waals surface area contributed by atoms with Crippen LogP contribution in [-0.4, -0.2) is 36.3 Å². The topological polar surface area (TPSA) is 49.4 Å². The zero-order valence-electron chi connectivity index (χ0n) is 13.6. The molecule has 4 heteroatoms. The number of nitrogens with one attached hydrogen (secondary N) is 1. The van der Waals surface area contributed by atoms with Crippen molar-refractivity contribution in [1.82, 2.24) is 10.2 Å². The molecule has 0 atom stereocenters. The molecule has 1 saturated carbocycles. The van der Waals surface area contributed by atoms with Gasteiger partial charge in [0.1, 0.15) is 0 Å². The van der Waals surface area contributed by atoms with E-state index < -0.39 is 0 Å². The standard InChI is InChI=1S/C18H26N2O2/c1-14-8-6-7-11-16(14)18(22)19-13-12-17(21)20(2)15-9-4-3-5-10-15/h6-8,11,15H,3-5,9-10,12-13H2,1-2H3,(H,19,22). The Labute approximate surface area is 132 Å². The normalized spacial score (nSPS) is 15.4. The lowest BCUT2D eigenvalue weighted by Gasteiger charge is -2.31. The molecule has 0 bridgehead atoms. The van der Waals surface area contributed by atoms with Gasteiger partial charge in [-0.3, -0.25) is 9.59 Å². The van der Waals surface area contributed by atoms with Gasteiger partial charge >= 0.3 is 0 Å². The largest absolute Gasteiger partial charge is 0.352 e. The molecule has 1 aliphatic rings. The lowest BCUT2D eigenvalue weighted by atomic mass is 9.94. The van der Waals surface area contributed by atoms with Gasteiger partial charge in [0.15, 0.2) is 0 Å². The summed E-state index contributed by atoms with van der Waals surface area (Å²) in [6.45, 7) is 2.31. The predicted octanol–water partition coefficient (Wildman–Crippen LogP) is 2.91. The van der Waals surface area contributed by atoms with E-state index in [0.29, 0.717) is 24.6 Å². The highest BCUT2D eigenvalue weighted by Gasteiger charge is 2.21. The summed E-state index contributed by atoms with van der Waals surface area (Å²) < 4.78 is 0. The second-order valence-corrected chi connectivity index (χ2v) is 6.12. The van der Waals surface area contributed by atoms with Crippen LogP contribution >= 0.6 is 0 Å². The number of aryl methyl sites for hydroxylation is 1. The molecule has 0 unspecified atom stereocenters. The van der Waals surface area contributed by atoms with Gasteiger partial charge in [-0.15, -0.1) is 0 Å². The average molecular weight is 302 g/mol. The van der Waals surface area contributed by atoms with Gasteiger partial charge in [0.2, 0.25) is 5.91 Å². The van der Waals surface area contributed by atoms with Crippen molar-refractivity contribution in [2.45, 2.75) is 51.5 Å². The SMILES string of the molecule is Cc1ccccc1C(=O)NCCC(=O)N(C)C1CCCCC1. The molecule has 0 aromatic heterocycles. The summed E-state index contributed by atoms with van der Waals surface area (Å²) in [7, 11) is 1.89. The summed E-state index contributed by atoms with van der Waals surface area (Å²) in [5.41, 5.74) is 1.63. The maximum atomic E-state index is 12.2. The van der Waals surface area contributed by atoms with E-state index in [0.717, 1.165) is 18.4 Å². The minimum atomic E-state index is -0.105. The molecule has 120 valence electrons. The number of amides is 2. The van der Waals surface area contributed by atoms with E-state index in [1.807, 2.05) is 37.1 Å². The maximum absolute atomic E-state index is 12.2. The van der Waals surface area contributed by atoms with Gasteiger partial charge in [-0.1, -0.05) is 37.5 Å². The van der Waals surface area contributed by atoms with Gasteiger partial charge in [0.25, 0.3) is 5.91 Å². The quantitative estimate of drug-likeness (QED) is 0.909. The van der Waals surface area contributed by atoms with Crippen molar-refractivity contribution in [3.63, 3.8) is 0 Å². The lowest BCUT2D eigenvalue weighted by molar-refractivity contribution is -0.132. The van der Waals surface area contributed by atoms with Crippen LogP contribution in [0.2, 0.25) is 0 Å². The third-order valence-electron chi connectivity index (χ3n) is 4.53. The molecule has 0 aliphatic heterocycles. The van der Waals surface area contributed by atoms with E-state index in [9.17, 15) is 9.59 Å². The molecule has 0 saturated heterocycles. The van der Waals surface area contributed by atoms with Crippen LogP contribution in [0.1, 0.15) is 54.4 Å². The highest BCUT2D eigenvalue weighted by Crippen LogP contribution is 2.21. The van der Waals surface area contributed by atoms with Gasteiger partial charge < -0.3 is 10.2 Å². The smallest absolute Gasteiger partial charge is 0.251 e. The third-order valence-corrected chi connectivity index (χ3v) is 4.53. The molecule has 1 aromatic rings. The Kier molecular flexibility index (Phi) is 5.99. The van der Waals surface area contributed by atoms with Crippen molar-refractivity contribution >= 4 is 11.8 Å². The zero-order valence-corrected chi connectivity index (χ0v) is 13.6. The number of hydrogen-bond acceptors (Lipinski definition) is 2. The van der Waals surface area contributed by atoms with Crippen molar-refractivity contribution in [2.75, 3.05) is 13.6 Å². The average Bonchev–Trinajstić information content (AvgIpc) is 2.55. The van der Waals surface area contributed by atoms with Crippen LogP contribution in [0.5, 0.6) is 0 Å². The summed E-state index contributed by atoms with van der Waals surface area (Å²) in [6.07, 6.45) is 6.30. The van der Waals surface area contributed by atoms with Crippen LogP contribution in [0, 0.1) is 6.92 Å². The second-order valence-electron chi connectivity index (χ2n) is 6.12. The summed E-state index contributed by atoms with van der Waals surface area (Å²) in [5, 5.41) is 2.84. The number of benzene rings is 1.